The summed E-state index contributed by atoms with van der Waals surface area (Å²) >= 11 is 0. The maximum absolute atomic E-state index is 12.0. The Morgan fingerprint density at radius 1 is 0.950 bits per heavy atom. The summed E-state index contributed by atoms with van der Waals surface area (Å²) in [6.45, 7) is 0. The minimum atomic E-state index is -0.278. The summed E-state index contributed by atoms with van der Waals surface area (Å²) in [6.07, 6.45) is 1.68. The van der Waals surface area contributed by atoms with Gasteiger partial charge in [0.15, 0.2) is 11.5 Å². The van der Waals surface area contributed by atoms with Crippen LogP contribution < -0.4 is 5.56 Å². The predicted octanol–water partition coefficient (Wildman–Crippen LogP) is 1.63. The van der Waals surface area contributed by atoms with Crippen LogP contribution in [0.2, 0.25) is 0 Å². The zero-order valence-corrected chi connectivity index (χ0v) is 10.3. The van der Waals surface area contributed by atoms with Gasteiger partial charge in [-0.2, -0.15) is 0 Å². The van der Waals surface area contributed by atoms with Crippen LogP contribution in [0, 0.1) is 0 Å². The van der Waals surface area contributed by atoms with Crippen molar-refractivity contribution in [2.24, 2.45) is 0 Å². The molecule has 0 radical (unpaired) electrons. The van der Waals surface area contributed by atoms with Gasteiger partial charge in [-0.15, -0.1) is 10.2 Å². The van der Waals surface area contributed by atoms with Crippen LogP contribution in [0.5, 0.6) is 0 Å². The van der Waals surface area contributed by atoms with Crippen molar-refractivity contribution in [1.29, 1.82) is 0 Å². The summed E-state index contributed by atoms with van der Waals surface area (Å²) in [5, 5.41) is 8.10. The lowest BCUT2D eigenvalue weighted by Crippen LogP contribution is -2.11. The first-order chi connectivity index (χ1) is 9.84. The van der Waals surface area contributed by atoms with Gasteiger partial charge in [-0.1, -0.05) is 30.3 Å². The molecule has 0 aliphatic heterocycles. The Morgan fingerprint density at radius 2 is 1.80 bits per heavy atom. The molecule has 4 rings (SSSR count). The first kappa shape index (κ1) is 10.9. The highest BCUT2D eigenvalue weighted by Gasteiger charge is 2.14. The van der Waals surface area contributed by atoms with Crippen LogP contribution in [0.25, 0.3) is 28.2 Å². The fourth-order valence-electron chi connectivity index (χ4n) is 2.26. The van der Waals surface area contributed by atoms with Gasteiger partial charge in [0, 0.05) is 11.8 Å². The molecule has 0 bridgehead atoms. The highest BCUT2D eigenvalue weighted by Crippen LogP contribution is 2.19. The third kappa shape index (κ3) is 1.45. The monoisotopic (exact) mass is 263 g/mol. The van der Waals surface area contributed by atoms with E-state index in [2.05, 4.69) is 20.2 Å². The third-order valence-electron chi connectivity index (χ3n) is 3.14. The fourth-order valence-corrected chi connectivity index (χ4v) is 2.26. The van der Waals surface area contributed by atoms with Crippen LogP contribution in [0.1, 0.15) is 0 Å². The number of fused-ring (bicyclic) bond motifs is 3. The maximum Gasteiger partial charge on any atom is 0.294 e. The number of aromatic amines is 1. The number of hydrogen-bond donors (Lipinski definition) is 1. The molecule has 0 aliphatic carbocycles. The fraction of sp³-hybridized carbons (Fsp3) is 0. The first-order valence-electron chi connectivity index (χ1n) is 6.12. The molecule has 0 saturated carbocycles. The second kappa shape index (κ2) is 3.99. The molecule has 96 valence electrons. The molecule has 6 nitrogen and oxygen atoms in total. The average Bonchev–Trinajstić information content (AvgIpc) is 2.94. The zero-order valence-electron chi connectivity index (χ0n) is 10.3. The molecule has 1 aromatic carbocycles. The van der Waals surface area contributed by atoms with Crippen molar-refractivity contribution in [2.75, 3.05) is 0 Å². The SMILES string of the molecule is O=c1[nH]c2cccnc2n2c(-c3ccccc3)nnc12. The van der Waals surface area contributed by atoms with Gasteiger partial charge in [0.25, 0.3) is 5.56 Å². The molecule has 4 aromatic rings. The topological polar surface area (TPSA) is 75.9 Å². The zero-order chi connectivity index (χ0) is 13.5. The molecule has 6 heteroatoms. The molecule has 0 aliphatic rings. The van der Waals surface area contributed by atoms with Crippen LogP contribution in [0.4, 0.5) is 0 Å². The second-order valence-corrected chi connectivity index (χ2v) is 4.38. The number of pyridine rings is 1. The van der Waals surface area contributed by atoms with E-state index in [1.54, 1.807) is 22.7 Å². The minimum absolute atomic E-state index is 0.245. The lowest BCUT2D eigenvalue weighted by atomic mass is 10.2. The molecule has 0 fully saturated rings. The Morgan fingerprint density at radius 3 is 2.65 bits per heavy atom. The van der Waals surface area contributed by atoms with Crippen LogP contribution in [0.3, 0.4) is 0 Å². The van der Waals surface area contributed by atoms with E-state index in [1.807, 2.05) is 30.3 Å². The smallest absolute Gasteiger partial charge is 0.294 e. The van der Waals surface area contributed by atoms with E-state index >= 15 is 0 Å². The summed E-state index contributed by atoms with van der Waals surface area (Å²) in [7, 11) is 0. The summed E-state index contributed by atoms with van der Waals surface area (Å²) in [4.78, 5) is 19.1. The quantitative estimate of drug-likeness (QED) is 0.566. The van der Waals surface area contributed by atoms with Crippen LogP contribution in [0.15, 0.2) is 53.5 Å². The van der Waals surface area contributed by atoms with Gasteiger partial charge in [0.2, 0.25) is 5.65 Å². The normalized spacial score (nSPS) is 11.2. The number of rotatable bonds is 1. The number of hydrogen-bond acceptors (Lipinski definition) is 4. The third-order valence-corrected chi connectivity index (χ3v) is 3.14. The van der Waals surface area contributed by atoms with Crippen molar-refractivity contribution in [2.45, 2.75) is 0 Å². The van der Waals surface area contributed by atoms with Crippen LogP contribution in [-0.4, -0.2) is 24.6 Å². The number of nitrogens with one attached hydrogen (secondary N) is 1. The Hall–Kier alpha value is -3.02. The van der Waals surface area contributed by atoms with Gasteiger partial charge in [0.05, 0.1) is 5.52 Å². The van der Waals surface area contributed by atoms with E-state index in [0.29, 0.717) is 17.0 Å². The largest absolute Gasteiger partial charge is 0.316 e. The second-order valence-electron chi connectivity index (χ2n) is 4.38. The lowest BCUT2D eigenvalue weighted by molar-refractivity contribution is 1.11. The Balaban J connectivity index is 2.22. The predicted molar refractivity (Wildman–Crippen MR) is 74.3 cm³/mol. The van der Waals surface area contributed by atoms with E-state index in [4.69, 9.17) is 0 Å². The van der Waals surface area contributed by atoms with E-state index in [-0.39, 0.29) is 11.2 Å². The molecule has 20 heavy (non-hydrogen) atoms. The Kier molecular flexibility index (Phi) is 2.17. The van der Waals surface area contributed by atoms with Gasteiger partial charge in [0.1, 0.15) is 0 Å². The number of aromatic nitrogens is 5. The van der Waals surface area contributed by atoms with Crippen molar-refractivity contribution in [1.82, 2.24) is 24.6 Å². The molecular formula is C14H9N5O. The van der Waals surface area contributed by atoms with Crippen molar-refractivity contribution in [3.05, 3.63) is 59.0 Å². The first-order valence-corrected chi connectivity index (χ1v) is 6.12. The van der Waals surface area contributed by atoms with Crippen molar-refractivity contribution in [3.8, 4) is 11.4 Å². The summed E-state index contributed by atoms with van der Waals surface area (Å²) in [6, 6.07) is 13.2. The number of nitrogens with zero attached hydrogens (tertiary/aromatic N) is 4. The highest BCUT2D eigenvalue weighted by atomic mass is 16.1. The molecule has 0 spiro atoms. The van der Waals surface area contributed by atoms with E-state index < -0.39 is 0 Å². The summed E-state index contributed by atoms with van der Waals surface area (Å²) in [5.41, 5.74) is 2.14. The molecule has 3 heterocycles. The van der Waals surface area contributed by atoms with Crippen LogP contribution >= 0.6 is 0 Å². The van der Waals surface area contributed by atoms with E-state index in [9.17, 15) is 4.79 Å². The molecule has 0 atom stereocenters. The standard InChI is InChI=1S/C14H9N5O/c20-14-13-18-17-11(9-5-2-1-3-6-9)19(13)12-10(16-14)7-4-8-15-12/h1-8H,(H,16,20). The van der Waals surface area contributed by atoms with Crippen LogP contribution in [-0.2, 0) is 0 Å². The molecule has 0 saturated heterocycles. The molecule has 0 unspecified atom stereocenters. The van der Waals surface area contributed by atoms with E-state index in [1.165, 1.54) is 0 Å². The molecule has 1 N–H and O–H groups in total. The lowest BCUT2D eigenvalue weighted by Gasteiger charge is -2.03. The van der Waals surface area contributed by atoms with Gasteiger partial charge in [-0.05, 0) is 12.1 Å². The van der Waals surface area contributed by atoms with Crippen molar-refractivity contribution < 1.29 is 0 Å². The maximum atomic E-state index is 12.0. The molecule has 0 amide bonds. The van der Waals surface area contributed by atoms with Gasteiger partial charge in [-0.3, -0.25) is 9.20 Å². The summed E-state index contributed by atoms with van der Waals surface area (Å²) < 4.78 is 1.68. The Bertz CT molecular complexity index is 971. The summed E-state index contributed by atoms with van der Waals surface area (Å²) in [5.74, 6) is 0.607. The van der Waals surface area contributed by atoms with Gasteiger partial charge in [-0.25, -0.2) is 4.98 Å². The minimum Gasteiger partial charge on any atom is -0.316 e. The average molecular weight is 263 g/mol. The van der Waals surface area contributed by atoms with Crippen molar-refractivity contribution in [3.63, 3.8) is 0 Å². The van der Waals surface area contributed by atoms with E-state index in [0.717, 1.165) is 5.56 Å². The van der Waals surface area contributed by atoms with Crippen molar-refractivity contribution >= 4 is 16.8 Å². The molecule has 3 aromatic heterocycles. The highest BCUT2D eigenvalue weighted by molar-refractivity contribution is 5.76. The molecular weight excluding hydrogens is 254 g/mol. The Labute approximate surface area is 112 Å². The number of H-pyrrole nitrogens is 1. The van der Waals surface area contributed by atoms with Gasteiger partial charge < -0.3 is 4.98 Å². The number of benzene rings is 1. The van der Waals surface area contributed by atoms with Gasteiger partial charge >= 0.3 is 0 Å².